The molecule has 1 N–H and O–H groups in total. The molecule has 1 aromatic carbocycles. The lowest BCUT2D eigenvalue weighted by atomic mass is 9.98. The molecule has 0 aliphatic rings. The molecule has 0 bridgehead atoms. The van der Waals surface area contributed by atoms with Crippen molar-refractivity contribution in [1.82, 2.24) is 4.98 Å². The number of alkyl halides is 1. The lowest BCUT2D eigenvalue weighted by Gasteiger charge is -2.11. The molecule has 0 radical (unpaired) electrons. The first-order chi connectivity index (χ1) is 7.00. The molecule has 0 atom stereocenters. The van der Waals surface area contributed by atoms with Crippen LogP contribution in [0.4, 0.5) is 4.39 Å². The highest BCUT2D eigenvalue weighted by atomic mass is 19.1. The molecule has 0 aliphatic carbocycles. The number of para-hydroxylation sites is 1. The van der Waals surface area contributed by atoms with E-state index in [1.165, 1.54) is 13.8 Å². The molecule has 0 amide bonds. The molecule has 0 saturated heterocycles. The van der Waals surface area contributed by atoms with E-state index in [1.807, 2.05) is 24.3 Å². The van der Waals surface area contributed by atoms with Gasteiger partial charge in [-0.2, -0.15) is 0 Å². The molecule has 0 fully saturated rings. The summed E-state index contributed by atoms with van der Waals surface area (Å²) < 4.78 is 13.5. The van der Waals surface area contributed by atoms with Crippen LogP contribution in [-0.2, 0) is 0 Å². The Morgan fingerprint density at radius 2 is 2.00 bits per heavy atom. The fourth-order valence-corrected chi connectivity index (χ4v) is 1.58. The van der Waals surface area contributed by atoms with Crippen LogP contribution in [-0.4, -0.2) is 16.4 Å². The molecule has 2 aromatic rings. The van der Waals surface area contributed by atoms with Gasteiger partial charge in [0.15, 0.2) is 5.67 Å². The van der Waals surface area contributed by atoms with Gasteiger partial charge in [0.05, 0.1) is 0 Å². The minimum Gasteiger partial charge on any atom is -0.360 e. The first-order valence-electron chi connectivity index (χ1n) is 4.80. The van der Waals surface area contributed by atoms with Crippen molar-refractivity contribution in [3.8, 4) is 0 Å². The van der Waals surface area contributed by atoms with Crippen LogP contribution in [0.2, 0.25) is 0 Å². The summed E-state index contributed by atoms with van der Waals surface area (Å²) in [4.78, 5) is 14.7. The van der Waals surface area contributed by atoms with Crippen LogP contribution in [0.25, 0.3) is 10.9 Å². The number of carbonyl (C=O) groups excluding carboxylic acids is 1. The highest BCUT2D eigenvalue weighted by Gasteiger charge is 2.29. The third-order valence-corrected chi connectivity index (χ3v) is 2.37. The fraction of sp³-hybridized carbons (Fsp3) is 0.250. The summed E-state index contributed by atoms with van der Waals surface area (Å²) in [6.45, 7) is 2.55. The molecule has 0 aliphatic heterocycles. The molecule has 1 heterocycles. The molecular formula is C12H12FNO. The van der Waals surface area contributed by atoms with E-state index in [9.17, 15) is 9.18 Å². The minimum atomic E-state index is -1.83. The molecule has 2 nitrogen and oxygen atoms in total. The van der Waals surface area contributed by atoms with Crippen LogP contribution in [0.15, 0.2) is 30.5 Å². The van der Waals surface area contributed by atoms with Gasteiger partial charge in [0.1, 0.15) is 0 Å². The largest absolute Gasteiger partial charge is 0.360 e. The Balaban J connectivity index is 2.58. The van der Waals surface area contributed by atoms with E-state index in [-0.39, 0.29) is 0 Å². The van der Waals surface area contributed by atoms with Gasteiger partial charge in [-0.3, -0.25) is 4.79 Å². The average Bonchev–Trinajstić information content (AvgIpc) is 2.58. The number of fused-ring (bicyclic) bond motifs is 1. The van der Waals surface area contributed by atoms with Crippen molar-refractivity contribution in [2.75, 3.05) is 0 Å². The zero-order valence-electron chi connectivity index (χ0n) is 8.67. The number of nitrogens with one attached hydrogen (secondary N) is 1. The van der Waals surface area contributed by atoms with Crippen molar-refractivity contribution >= 4 is 16.7 Å². The van der Waals surface area contributed by atoms with Crippen molar-refractivity contribution in [2.24, 2.45) is 0 Å². The molecule has 0 saturated carbocycles. The van der Waals surface area contributed by atoms with Crippen molar-refractivity contribution in [3.63, 3.8) is 0 Å². The maximum absolute atomic E-state index is 13.5. The summed E-state index contributed by atoms with van der Waals surface area (Å²) in [5.74, 6) is -0.486. The number of benzene rings is 1. The third-order valence-electron chi connectivity index (χ3n) is 2.37. The van der Waals surface area contributed by atoms with Gasteiger partial charge in [-0.1, -0.05) is 18.2 Å². The van der Waals surface area contributed by atoms with Crippen molar-refractivity contribution in [3.05, 3.63) is 36.0 Å². The van der Waals surface area contributed by atoms with Gasteiger partial charge in [0, 0.05) is 22.7 Å². The SMILES string of the molecule is CC(C)(F)C(=O)c1c[nH]c2ccccc12. The van der Waals surface area contributed by atoms with Crippen LogP contribution in [0.3, 0.4) is 0 Å². The van der Waals surface area contributed by atoms with Crippen molar-refractivity contribution in [2.45, 2.75) is 19.5 Å². The lowest BCUT2D eigenvalue weighted by Crippen LogP contribution is -2.25. The molecule has 2 rings (SSSR count). The molecular weight excluding hydrogens is 193 g/mol. The van der Waals surface area contributed by atoms with E-state index in [2.05, 4.69) is 4.98 Å². The number of aromatic nitrogens is 1. The first-order valence-corrected chi connectivity index (χ1v) is 4.80. The monoisotopic (exact) mass is 205 g/mol. The van der Waals surface area contributed by atoms with Gasteiger partial charge < -0.3 is 4.98 Å². The van der Waals surface area contributed by atoms with Crippen LogP contribution in [0.5, 0.6) is 0 Å². The Hall–Kier alpha value is -1.64. The molecule has 0 spiro atoms. The van der Waals surface area contributed by atoms with Crippen LogP contribution in [0.1, 0.15) is 24.2 Å². The lowest BCUT2D eigenvalue weighted by molar-refractivity contribution is 0.0762. The van der Waals surface area contributed by atoms with E-state index < -0.39 is 11.5 Å². The standard InChI is InChI=1S/C12H12FNO/c1-12(2,13)11(15)9-7-14-10-6-4-3-5-8(9)10/h3-7,14H,1-2H3. The third kappa shape index (κ3) is 1.65. The van der Waals surface area contributed by atoms with Crippen LogP contribution in [0, 0.1) is 0 Å². The predicted octanol–water partition coefficient (Wildman–Crippen LogP) is 3.10. The van der Waals surface area contributed by atoms with Gasteiger partial charge in [-0.15, -0.1) is 0 Å². The molecule has 78 valence electrons. The number of hydrogen-bond donors (Lipinski definition) is 1. The quantitative estimate of drug-likeness (QED) is 0.751. The second kappa shape index (κ2) is 3.19. The Morgan fingerprint density at radius 1 is 1.33 bits per heavy atom. The van der Waals surface area contributed by atoms with E-state index in [0.29, 0.717) is 5.56 Å². The van der Waals surface area contributed by atoms with E-state index >= 15 is 0 Å². The zero-order chi connectivity index (χ0) is 11.1. The average molecular weight is 205 g/mol. The van der Waals surface area contributed by atoms with Crippen LogP contribution < -0.4 is 0 Å². The number of carbonyl (C=O) groups is 1. The molecule has 3 heteroatoms. The highest BCUT2D eigenvalue weighted by molar-refractivity contribution is 6.11. The Morgan fingerprint density at radius 3 is 2.67 bits per heavy atom. The minimum absolute atomic E-state index is 0.415. The second-order valence-electron chi connectivity index (χ2n) is 4.05. The van der Waals surface area contributed by atoms with Crippen molar-refractivity contribution < 1.29 is 9.18 Å². The zero-order valence-corrected chi connectivity index (χ0v) is 8.67. The normalized spacial score (nSPS) is 11.9. The van der Waals surface area contributed by atoms with Gasteiger partial charge in [0.25, 0.3) is 0 Å². The second-order valence-corrected chi connectivity index (χ2v) is 4.05. The van der Waals surface area contributed by atoms with E-state index in [4.69, 9.17) is 0 Å². The van der Waals surface area contributed by atoms with Gasteiger partial charge in [-0.25, -0.2) is 4.39 Å². The van der Waals surface area contributed by atoms with Gasteiger partial charge >= 0.3 is 0 Å². The summed E-state index contributed by atoms with van der Waals surface area (Å²) in [6, 6.07) is 7.37. The maximum Gasteiger partial charge on any atom is 0.201 e. The number of H-pyrrole nitrogens is 1. The van der Waals surface area contributed by atoms with E-state index in [1.54, 1.807) is 6.20 Å². The Kier molecular flexibility index (Phi) is 2.11. The number of ketones is 1. The Bertz CT molecular complexity index is 508. The number of hydrogen-bond acceptors (Lipinski definition) is 1. The topological polar surface area (TPSA) is 32.9 Å². The van der Waals surface area contributed by atoms with Crippen LogP contribution >= 0.6 is 0 Å². The number of aromatic amines is 1. The maximum atomic E-state index is 13.5. The molecule has 15 heavy (non-hydrogen) atoms. The number of Topliss-reactive ketones (excluding diaryl/α,β-unsaturated/α-hetero) is 1. The highest BCUT2D eigenvalue weighted by Crippen LogP contribution is 2.23. The summed E-state index contributed by atoms with van der Waals surface area (Å²) in [7, 11) is 0. The summed E-state index contributed by atoms with van der Waals surface area (Å²) in [5.41, 5.74) is -0.562. The number of rotatable bonds is 2. The summed E-state index contributed by atoms with van der Waals surface area (Å²) >= 11 is 0. The molecule has 1 aromatic heterocycles. The summed E-state index contributed by atoms with van der Waals surface area (Å²) in [5, 5.41) is 0.772. The van der Waals surface area contributed by atoms with Crippen molar-refractivity contribution in [1.29, 1.82) is 0 Å². The predicted molar refractivity (Wildman–Crippen MR) is 57.8 cm³/mol. The summed E-state index contributed by atoms with van der Waals surface area (Å²) in [6.07, 6.45) is 1.56. The smallest absolute Gasteiger partial charge is 0.201 e. The van der Waals surface area contributed by atoms with Gasteiger partial charge in [0.2, 0.25) is 5.78 Å². The number of halogens is 1. The first kappa shape index (κ1) is 9.90. The fourth-order valence-electron chi connectivity index (χ4n) is 1.58. The molecule has 0 unspecified atom stereocenters. The Labute approximate surface area is 87.1 Å². The van der Waals surface area contributed by atoms with Gasteiger partial charge in [-0.05, 0) is 19.9 Å². The van der Waals surface area contributed by atoms with E-state index in [0.717, 1.165) is 10.9 Å².